The Morgan fingerprint density at radius 1 is 1.15 bits per heavy atom. The van der Waals surface area contributed by atoms with Gasteiger partial charge < -0.3 is 19.5 Å². The van der Waals surface area contributed by atoms with Crippen LogP contribution in [0, 0.1) is 6.92 Å². The lowest BCUT2D eigenvalue weighted by Gasteiger charge is -2.36. The minimum atomic E-state index is 0.148. The van der Waals surface area contributed by atoms with Crippen LogP contribution < -0.4 is 5.32 Å². The van der Waals surface area contributed by atoms with Gasteiger partial charge in [0.25, 0.3) is 0 Å². The van der Waals surface area contributed by atoms with Gasteiger partial charge in [0, 0.05) is 46.7 Å². The van der Waals surface area contributed by atoms with Gasteiger partial charge in [-0.05, 0) is 45.0 Å². The SMILES string of the molecule is CN=C(NCC(c1ccc(C)o1)N1CCCC1)N1CCN(C(C)=O)CC1. The Bertz CT molecular complexity index is 628. The van der Waals surface area contributed by atoms with Gasteiger partial charge in [-0.25, -0.2) is 0 Å². The van der Waals surface area contributed by atoms with Gasteiger partial charge in [-0.3, -0.25) is 14.7 Å². The average Bonchev–Trinajstić information content (AvgIpc) is 3.31. The molecule has 1 aromatic heterocycles. The van der Waals surface area contributed by atoms with Gasteiger partial charge >= 0.3 is 0 Å². The normalized spacial score (nSPS) is 20.5. The molecule has 1 unspecified atom stereocenters. The number of aryl methyl sites for hydroxylation is 1. The van der Waals surface area contributed by atoms with Gasteiger partial charge in [0.15, 0.2) is 5.96 Å². The zero-order chi connectivity index (χ0) is 18.5. The Labute approximate surface area is 156 Å². The molecule has 0 aromatic carbocycles. The molecule has 144 valence electrons. The predicted molar refractivity (Wildman–Crippen MR) is 102 cm³/mol. The van der Waals surface area contributed by atoms with E-state index in [2.05, 4.69) is 26.2 Å². The van der Waals surface area contributed by atoms with Crippen LogP contribution in [0.4, 0.5) is 0 Å². The number of carbonyl (C=O) groups is 1. The van der Waals surface area contributed by atoms with Crippen molar-refractivity contribution in [2.75, 3.05) is 52.9 Å². The van der Waals surface area contributed by atoms with Crippen molar-refractivity contribution in [3.63, 3.8) is 0 Å². The molecular weight excluding hydrogens is 330 g/mol. The first kappa shape index (κ1) is 18.8. The van der Waals surface area contributed by atoms with E-state index in [0.29, 0.717) is 0 Å². The molecule has 3 rings (SSSR count). The Morgan fingerprint density at radius 3 is 2.35 bits per heavy atom. The lowest BCUT2D eigenvalue weighted by Crippen LogP contribution is -2.54. The van der Waals surface area contributed by atoms with E-state index in [9.17, 15) is 4.79 Å². The van der Waals surface area contributed by atoms with E-state index in [1.54, 1.807) is 6.92 Å². The van der Waals surface area contributed by atoms with Gasteiger partial charge in [-0.1, -0.05) is 0 Å². The number of furan rings is 1. The van der Waals surface area contributed by atoms with Crippen molar-refractivity contribution in [1.82, 2.24) is 20.0 Å². The lowest BCUT2D eigenvalue weighted by atomic mass is 10.2. The molecule has 0 bridgehead atoms. The van der Waals surface area contributed by atoms with E-state index >= 15 is 0 Å². The molecule has 2 aliphatic rings. The summed E-state index contributed by atoms with van der Waals surface area (Å²) in [4.78, 5) is 22.6. The second-order valence-corrected chi connectivity index (χ2v) is 7.13. The molecule has 1 N–H and O–H groups in total. The molecule has 0 radical (unpaired) electrons. The summed E-state index contributed by atoms with van der Waals surface area (Å²) < 4.78 is 5.93. The Balaban J connectivity index is 1.61. The van der Waals surface area contributed by atoms with Crippen LogP contribution in [0.2, 0.25) is 0 Å². The van der Waals surface area contributed by atoms with Crippen molar-refractivity contribution in [2.24, 2.45) is 4.99 Å². The summed E-state index contributed by atoms with van der Waals surface area (Å²) in [5.74, 6) is 3.03. The number of aliphatic imine (C=N–C) groups is 1. The summed E-state index contributed by atoms with van der Waals surface area (Å²) >= 11 is 0. The van der Waals surface area contributed by atoms with Crippen molar-refractivity contribution in [3.8, 4) is 0 Å². The van der Waals surface area contributed by atoms with Crippen LogP contribution in [0.15, 0.2) is 21.5 Å². The summed E-state index contributed by atoms with van der Waals surface area (Å²) in [7, 11) is 1.82. The second kappa shape index (κ2) is 8.58. The molecule has 1 aromatic rings. The molecule has 26 heavy (non-hydrogen) atoms. The molecule has 2 fully saturated rings. The van der Waals surface area contributed by atoms with Crippen molar-refractivity contribution in [3.05, 3.63) is 23.7 Å². The number of hydrogen-bond donors (Lipinski definition) is 1. The molecule has 7 nitrogen and oxygen atoms in total. The van der Waals surface area contributed by atoms with Gasteiger partial charge in [-0.2, -0.15) is 0 Å². The van der Waals surface area contributed by atoms with Crippen LogP contribution >= 0.6 is 0 Å². The van der Waals surface area contributed by atoms with E-state index in [1.165, 1.54) is 12.8 Å². The number of guanidine groups is 1. The Hall–Kier alpha value is -2.02. The Morgan fingerprint density at radius 2 is 1.81 bits per heavy atom. The first-order valence-corrected chi connectivity index (χ1v) is 9.60. The molecule has 0 saturated carbocycles. The van der Waals surface area contributed by atoms with Crippen LogP contribution in [0.3, 0.4) is 0 Å². The van der Waals surface area contributed by atoms with E-state index in [0.717, 1.165) is 63.3 Å². The highest BCUT2D eigenvalue weighted by Gasteiger charge is 2.27. The smallest absolute Gasteiger partial charge is 0.219 e. The maximum Gasteiger partial charge on any atom is 0.219 e. The molecule has 0 aliphatic carbocycles. The van der Waals surface area contributed by atoms with E-state index in [1.807, 2.05) is 24.9 Å². The molecule has 1 atom stereocenters. The van der Waals surface area contributed by atoms with Crippen LogP contribution in [0.25, 0.3) is 0 Å². The maximum atomic E-state index is 11.5. The van der Waals surface area contributed by atoms with Gasteiger partial charge in [0.05, 0.1) is 6.04 Å². The Kier molecular flexibility index (Phi) is 6.19. The van der Waals surface area contributed by atoms with Crippen molar-refractivity contribution in [1.29, 1.82) is 0 Å². The third-order valence-corrected chi connectivity index (χ3v) is 5.36. The summed E-state index contributed by atoms with van der Waals surface area (Å²) in [6.07, 6.45) is 2.50. The molecule has 2 saturated heterocycles. The molecule has 1 amide bonds. The summed E-state index contributed by atoms with van der Waals surface area (Å²) in [5, 5.41) is 3.54. The monoisotopic (exact) mass is 361 g/mol. The van der Waals surface area contributed by atoms with Crippen LogP contribution in [-0.4, -0.2) is 79.4 Å². The number of nitrogens with zero attached hydrogens (tertiary/aromatic N) is 4. The fourth-order valence-corrected chi connectivity index (χ4v) is 3.85. The zero-order valence-corrected chi connectivity index (χ0v) is 16.2. The average molecular weight is 361 g/mol. The standard InChI is InChI=1S/C19H31N5O2/c1-15-6-7-18(26-15)17(23-8-4-5-9-23)14-21-19(20-3)24-12-10-22(11-13-24)16(2)25/h6-7,17H,4-5,8-14H2,1-3H3,(H,20,21). The van der Waals surface area contributed by atoms with E-state index < -0.39 is 0 Å². The molecule has 2 aliphatic heterocycles. The number of carbonyl (C=O) groups excluding carboxylic acids is 1. The number of hydrogen-bond acceptors (Lipinski definition) is 4. The minimum absolute atomic E-state index is 0.148. The van der Waals surface area contributed by atoms with E-state index in [4.69, 9.17) is 4.42 Å². The van der Waals surface area contributed by atoms with Crippen molar-refractivity contribution in [2.45, 2.75) is 32.7 Å². The highest BCUT2D eigenvalue weighted by molar-refractivity contribution is 5.80. The predicted octanol–water partition coefficient (Wildman–Crippen LogP) is 1.46. The van der Waals surface area contributed by atoms with Crippen molar-refractivity contribution >= 4 is 11.9 Å². The zero-order valence-electron chi connectivity index (χ0n) is 16.2. The number of likely N-dealkylation sites (tertiary alicyclic amines) is 1. The summed E-state index contributed by atoms with van der Waals surface area (Å²) in [5.41, 5.74) is 0. The van der Waals surface area contributed by atoms with Crippen molar-refractivity contribution < 1.29 is 9.21 Å². The maximum absolute atomic E-state index is 11.5. The third kappa shape index (κ3) is 4.38. The molecule has 3 heterocycles. The largest absolute Gasteiger partial charge is 0.465 e. The number of amides is 1. The summed E-state index contributed by atoms with van der Waals surface area (Å²) in [6, 6.07) is 4.35. The molecule has 0 spiro atoms. The lowest BCUT2D eigenvalue weighted by molar-refractivity contribution is -0.130. The fraction of sp³-hybridized carbons (Fsp3) is 0.684. The van der Waals surface area contributed by atoms with Crippen LogP contribution in [-0.2, 0) is 4.79 Å². The summed E-state index contributed by atoms with van der Waals surface area (Å²) in [6.45, 7) is 9.75. The van der Waals surface area contributed by atoms with Gasteiger partial charge in [-0.15, -0.1) is 0 Å². The topological polar surface area (TPSA) is 64.3 Å². The highest BCUT2D eigenvalue weighted by Crippen LogP contribution is 2.26. The highest BCUT2D eigenvalue weighted by atomic mass is 16.3. The van der Waals surface area contributed by atoms with Crippen LogP contribution in [0.1, 0.15) is 37.3 Å². The minimum Gasteiger partial charge on any atom is -0.465 e. The second-order valence-electron chi connectivity index (χ2n) is 7.13. The van der Waals surface area contributed by atoms with Gasteiger partial charge in [0.1, 0.15) is 11.5 Å². The number of piperazine rings is 1. The first-order chi connectivity index (χ1) is 12.6. The first-order valence-electron chi connectivity index (χ1n) is 9.60. The van der Waals surface area contributed by atoms with Gasteiger partial charge in [0.2, 0.25) is 5.91 Å². The molecule has 7 heteroatoms. The molecular formula is C19H31N5O2. The number of rotatable bonds is 4. The third-order valence-electron chi connectivity index (χ3n) is 5.36. The fourth-order valence-electron chi connectivity index (χ4n) is 3.85. The quantitative estimate of drug-likeness (QED) is 0.650. The van der Waals surface area contributed by atoms with Crippen LogP contribution in [0.5, 0.6) is 0 Å². The van der Waals surface area contributed by atoms with E-state index in [-0.39, 0.29) is 11.9 Å². The number of nitrogens with one attached hydrogen (secondary N) is 1.